The van der Waals surface area contributed by atoms with Gasteiger partial charge >= 0.3 is 0 Å². The van der Waals surface area contributed by atoms with E-state index in [1.165, 1.54) is 5.56 Å². The standard InChI is InChI=1S/C22H26N4O2/c1-16(2)26-20(11-12-24-26)22(27)25-13-7-6-10-19(25)21-23-15-18(28-21)14-17-8-4-3-5-9-17/h3-5,8-9,11-12,15-16,19H,6-7,10,13-14H2,1-2H3. The molecular formula is C22H26N4O2. The summed E-state index contributed by atoms with van der Waals surface area (Å²) in [7, 11) is 0. The van der Waals surface area contributed by atoms with Gasteiger partial charge in [-0.05, 0) is 44.7 Å². The third kappa shape index (κ3) is 3.72. The Hall–Kier alpha value is -2.89. The summed E-state index contributed by atoms with van der Waals surface area (Å²) in [5.74, 6) is 1.46. The van der Waals surface area contributed by atoms with Crippen molar-refractivity contribution in [2.45, 2.75) is 51.6 Å². The molecule has 2 aromatic heterocycles. The van der Waals surface area contributed by atoms with Crippen molar-refractivity contribution in [3.8, 4) is 0 Å². The minimum Gasteiger partial charge on any atom is -0.443 e. The van der Waals surface area contributed by atoms with E-state index in [0.717, 1.165) is 25.0 Å². The highest BCUT2D eigenvalue weighted by molar-refractivity contribution is 5.92. The normalized spacial score (nSPS) is 17.2. The summed E-state index contributed by atoms with van der Waals surface area (Å²) in [6.07, 6.45) is 7.11. The molecule has 0 aliphatic carbocycles. The van der Waals surface area contributed by atoms with Crippen LogP contribution in [0.1, 0.15) is 72.9 Å². The predicted octanol–water partition coefficient (Wildman–Crippen LogP) is 4.41. The molecule has 0 bridgehead atoms. The second-order valence-electron chi connectivity index (χ2n) is 7.59. The van der Waals surface area contributed by atoms with E-state index in [0.29, 0.717) is 24.6 Å². The molecule has 28 heavy (non-hydrogen) atoms. The molecule has 0 N–H and O–H groups in total. The molecule has 1 atom stereocenters. The van der Waals surface area contributed by atoms with Gasteiger partial charge in [-0.15, -0.1) is 0 Å². The fraction of sp³-hybridized carbons (Fsp3) is 0.409. The SMILES string of the molecule is CC(C)n1nccc1C(=O)N1CCCCC1c1ncc(Cc2ccccc2)o1. The zero-order valence-corrected chi connectivity index (χ0v) is 16.4. The van der Waals surface area contributed by atoms with Crippen LogP contribution in [0.5, 0.6) is 0 Å². The molecule has 1 unspecified atom stereocenters. The highest BCUT2D eigenvalue weighted by atomic mass is 16.4. The molecule has 4 rings (SSSR count). The van der Waals surface area contributed by atoms with E-state index < -0.39 is 0 Å². The molecule has 1 aromatic carbocycles. The van der Waals surface area contributed by atoms with E-state index in [4.69, 9.17) is 4.42 Å². The third-order valence-corrected chi connectivity index (χ3v) is 5.22. The Morgan fingerprint density at radius 1 is 1.21 bits per heavy atom. The van der Waals surface area contributed by atoms with Crippen LogP contribution in [0.2, 0.25) is 0 Å². The van der Waals surface area contributed by atoms with Crippen LogP contribution in [0.3, 0.4) is 0 Å². The second kappa shape index (κ2) is 8.00. The first kappa shape index (κ1) is 18.5. The van der Waals surface area contributed by atoms with Crippen molar-refractivity contribution >= 4 is 5.91 Å². The fourth-order valence-corrected chi connectivity index (χ4v) is 3.83. The summed E-state index contributed by atoms with van der Waals surface area (Å²) in [6.45, 7) is 4.77. The van der Waals surface area contributed by atoms with Crippen LogP contribution >= 0.6 is 0 Å². The zero-order chi connectivity index (χ0) is 19.5. The number of benzene rings is 1. The van der Waals surface area contributed by atoms with Crippen LogP contribution in [0.4, 0.5) is 0 Å². The van der Waals surface area contributed by atoms with E-state index >= 15 is 0 Å². The molecule has 1 fully saturated rings. The summed E-state index contributed by atoms with van der Waals surface area (Å²) in [4.78, 5) is 19.7. The zero-order valence-electron chi connectivity index (χ0n) is 16.4. The number of amides is 1. The molecule has 3 aromatic rings. The van der Waals surface area contributed by atoms with Gasteiger partial charge in [0, 0.05) is 25.2 Å². The van der Waals surface area contributed by atoms with Gasteiger partial charge in [-0.2, -0.15) is 5.10 Å². The fourth-order valence-electron chi connectivity index (χ4n) is 3.83. The first-order valence-corrected chi connectivity index (χ1v) is 9.96. The van der Waals surface area contributed by atoms with Crippen molar-refractivity contribution in [2.75, 3.05) is 6.54 Å². The van der Waals surface area contributed by atoms with Crippen molar-refractivity contribution in [1.82, 2.24) is 19.7 Å². The maximum absolute atomic E-state index is 13.3. The molecule has 1 saturated heterocycles. The number of hydrogen-bond donors (Lipinski definition) is 0. The molecule has 3 heterocycles. The highest BCUT2D eigenvalue weighted by Gasteiger charge is 2.33. The van der Waals surface area contributed by atoms with Crippen LogP contribution in [0.25, 0.3) is 0 Å². The lowest BCUT2D eigenvalue weighted by molar-refractivity contribution is 0.0555. The molecule has 0 radical (unpaired) electrons. The summed E-state index contributed by atoms with van der Waals surface area (Å²) in [5, 5.41) is 4.31. The molecule has 1 aliphatic heterocycles. The van der Waals surface area contributed by atoms with Gasteiger partial charge < -0.3 is 9.32 Å². The maximum atomic E-state index is 13.3. The Balaban J connectivity index is 1.56. The molecule has 6 heteroatoms. The maximum Gasteiger partial charge on any atom is 0.272 e. The second-order valence-corrected chi connectivity index (χ2v) is 7.59. The van der Waals surface area contributed by atoms with Gasteiger partial charge in [0.15, 0.2) is 0 Å². The van der Waals surface area contributed by atoms with E-state index in [9.17, 15) is 4.79 Å². The number of rotatable bonds is 5. The Morgan fingerprint density at radius 3 is 2.82 bits per heavy atom. The Morgan fingerprint density at radius 2 is 2.04 bits per heavy atom. The van der Waals surface area contributed by atoms with Crippen molar-refractivity contribution in [2.24, 2.45) is 0 Å². The van der Waals surface area contributed by atoms with Gasteiger partial charge in [0.1, 0.15) is 17.5 Å². The summed E-state index contributed by atoms with van der Waals surface area (Å²) < 4.78 is 7.86. The van der Waals surface area contributed by atoms with Gasteiger partial charge in [0.25, 0.3) is 5.91 Å². The summed E-state index contributed by atoms with van der Waals surface area (Å²) in [6, 6.07) is 12.0. The summed E-state index contributed by atoms with van der Waals surface area (Å²) >= 11 is 0. The Bertz CT molecular complexity index is 929. The van der Waals surface area contributed by atoms with Gasteiger partial charge in [-0.1, -0.05) is 30.3 Å². The highest BCUT2D eigenvalue weighted by Crippen LogP contribution is 2.32. The Labute approximate surface area is 165 Å². The first-order chi connectivity index (χ1) is 13.6. The topological polar surface area (TPSA) is 64.2 Å². The van der Waals surface area contributed by atoms with Crippen molar-refractivity contribution in [1.29, 1.82) is 0 Å². The predicted molar refractivity (Wildman–Crippen MR) is 106 cm³/mol. The first-order valence-electron chi connectivity index (χ1n) is 9.96. The lowest BCUT2D eigenvalue weighted by Gasteiger charge is -2.34. The van der Waals surface area contributed by atoms with Gasteiger partial charge in [-0.25, -0.2) is 4.98 Å². The molecule has 0 spiro atoms. The number of oxazole rings is 1. The molecule has 6 nitrogen and oxygen atoms in total. The van der Waals surface area contributed by atoms with Crippen LogP contribution in [0.15, 0.2) is 53.2 Å². The summed E-state index contributed by atoms with van der Waals surface area (Å²) in [5.41, 5.74) is 1.81. The van der Waals surface area contributed by atoms with Gasteiger partial charge in [0.2, 0.25) is 5.89 Å². The van der Waals surface area contributed by atoms with Gasteiger partial charge in [-0.3, -0.25) is 9.48 Å². The van der Waals surface area contributed by atoms with Crippen LogP contribution in [-0.4, -0.2) is 32.1 Å². The Kier molecular flexibility index (Phi) is 5.28. The van der Waals surface area contributed by atoms with E-state index in [1.807, 2.05) is 36.9 Å². The quantitative estimate of drug-likeness (QED) is 0.660. The van der Waals surface area contributed by atoms with E-state index in [2.05, 4.69) is 22.2 Å². The molecule has 1 amide bonds. The van der Waals surface area contributed by atoms with E-state index in [1.54, 1.807) is 23.1 Å². The van der Waals surface area contributed by atoms with Crippen molar-refractivity contribution < 1.29 is 9.21 Å². The number of carbonyl (C=O) groups is 1. The average Bonchev–Trinajstić information content (AvgIpc) is 3.38. The number of piperidine rings is 1. The van der Waals surface area contributed by atoms with Crippen molar-refractivity contribution in [3.05, 3.63) is 71.7 Å². The molecule has 1 aliphatic rings. The monoisotopic (exact) mass is 378 g/mol. The molecular weight excluding hydrogens is 352 g/mol. The van der Waals surface area contributed by atoms with Crippen molar-refractivity contribution in [3.63, 3.8) is 0 Å². The van der Waals surface area contributed by atoms with E-state index in [-0.39, 0.29) is 18.0 Å². The molecule has 0 saturated carbocycles. The van der Waals surface area contributed by atoms with Gasteiger partial charge in [0.05, 0.1) is 6.20 Å². The number of likely N-dealkylation sites (tertiary alicyclic amines) is 1. The minimum absolute atomic E-state index is 0.00120. The largest absolute Gasteiger partial charge is 0.443 e. The third-order valence-electron chi connectivity index (χ3n) is 5.22. The average molecular weight is 378 g/mol. The number of hydrogen-bond acceptors (Lipinski definition) is 4. The minimum atomic E-state index is -0.124. The number of aromatic nitrogens is 3. The van der Waals surface area contributed by atoms with Crippen LogP contribution < -0.4 is 0 Å². The smallest absolute Gasteiger partial charge is 0.272 e. The molecule has 146 valence electrons. The lowest BCUT2D eigenvalue weighted by Crippen LogP contribution is -2.39. The van der Waals surface area contributed by atoms with Crippen LogP contribution in [0, 0.1) is 0 Å². The van der Waals surface area contributed by atoms with Crippen LogP contribution in [-0.2, 0) is 6.42 Å². The lowest BCUT2D eigenvalue weighted by atomic mass is 10.0. The number of nitrogens with zero attached hydrogens (tertiary/aromatic N) is 4. The number of carbonyl (C=O) groups excluding carboxylic acids is 1.